The Hall–Kier alpha value is -6.82. The van der Waals surface area contributed by atoms with Crippen molar-refractivity contribution in [2.24, 2.45) is 0 Å². The van der Waals surface area contributed by atoms with Crippen molar-refractivity contribution >= 4 is 93.6 Å². The Kier molecular flexibility index (Phi) is 9.01. The van der Waals surface area contributed by atoms with Crippen LogP contribution in [0.15, 0.2) is 138 Å². The van der Waals surface area contributed by atoms with Crippen LogP contribution in [-0.4, -0.2) is 11.4 Å². The molecule has 0 unspecified atom stereocenters. The normalized spacial score (nSPS) is 18.6. The number of thiophene rings is 1. The maximum Gasteiger partial charge on any atom is 0.375 e. The average Bonchev–Trinajstić information content (AvgIpc) is 2.35. The number of hydrogen-bond donors (Lipinski definition) is 0. The lowest BCUT2D eigenvalue weighted by Crippen LogP contribution is -2.60. The third kappa shape index (κ3) is 6.02. The Morgan fingerprint density at radius 2 is 1.14 bits per heavy atom. The van der Waals surface area contributed by atoms with E-state index in [0.29, 0.717) is 0 Å². The average molecular weight is 1030 g/mol. The molecule has 0 spiro atoms. The number of nitrogens with zero attached hydrogens (tertiary/aromatic N) is 2. The molecule has 0 radical (unpaired) electrons. The fourth-order valence-electron chi connectivity index (χ4n) is 15.8. The first-order valence-electron chi connectivity index (χ1n) is 28.9. The van der Waals surface area contributed by atoms with Crippen molar-refractivity contribution in [3.8, 4) is 39.1 Å². The summed E-state index contributed by atoms with van der Waals surface area (Å²) in [6.45, 7) is 31.5. The van der Waals surface area contributed by atoms with Gasteiger partial charge in [-0.25, -0.2) is 0 Å². The molecule has 5 aliphatic rings. The van der Waals surface area contributed by atoms with Crippen LogP contribution >= 0.6 is 11.3 Å². The van der Waals surface area contributed by atoms with Gasteiger partial charge < -0.3 is 13.8 Å². The fourth-order valence-corrected chi connectivity index (χ4v) is 17.1. The summed E-state index contributed by atoms with van der Waals surface area (Å²) in [5.74, 6) is 0. The van der Waals surface area contributed by atoms with Gasteiger partial charge in [0.15, 0.2) is 0 Å². The van der Waals surface area contributed by atoms with Crippen LogP contribution in [0.5, 0.6) is 0 Å². The van der Waals surface area contributed by atoms with Crippen molar-refractivity contribution in [2.75, 3.05) is 4.81 Å². The number of anilines is 2. The first kappa shape index (κ1) is 47.2. The number of fused-ring (bicyclic) bond motifs is 20. The zero-order valence-corrected chi connectivity index (χ0v) is 48.6. The quantitative estimate of drug-likeness (QED) is 0.161. The van der Waals surface area contributed by atoms with E-state index in [1.54, 1.807) is 0 Å². The van der Waals surface area contributed by atoms with Crippen molar-refractivity contribution in [3.63, 3.8) is 0 Å². The number of furan rings is 1. The van der Waals surface area contributed by atoms with E-state index < -0.39 is 0 Å². The molecular formula is C73H69BN2OS. The Labute approximate surface area is 464 Å². The van der Waals surface area contributed by atoms with Gasteiger partial charge in [0.05, 0.1) is 16.7 Å². The molecule has 3 nitrogen and oxygen atoms in total. The van der Waals surface area contributed by atoms with Gasteiger partial charge in [-0.1, -0.05) is 163 Å². The Bertz CT molecular complexity index is 4510. The van der Waals surface area contributed by atoms with E-state index in [4.69, 9.17) is 4.42 Å². The molecule has 0 atom stereocenters. The summed E-state index contributed by atoms with van der Waals surface area (Å²) in [4.78, 5) is 2.72. The van der Waals surface area contributed by atoms with Crippen LogP contribution < -0.4 is 15.9 Å². The monoisotopic (exact) mass is 1030 g/mol. The maximum atomic E-state index is 7.71. The van der Waals surface area contributed by atoms with Crippen molar-refractivity contribution < 1.29 is 4.42 Å². The lowest BCUT2D eigenvalue weighted by atomic mass is 9.46. The van der Waals surface area contributed by atoms with Crippen LogP contribution in [0.4, 0.5) is 11.4 Å². The molecule has 3 aromatic heterocycles. The molecule has 11 aromatic rings. The molecule has 0 N–H and O–H groups in total. The van der Waals surface area contributed by atoms with Crippen LogP contribution in [-0.2, 0) is 32.5 Å². The smallest absolute Gasteiger partial charge is 0.375 e. The van der Waals surface area contributed by atoms with Crippen molar-refractivity contribution in [2.45, 2.75) is 148 Å². The van der Waals surface area contributed by atoms with Crippen LogP contribution in [0.1, 0.15) is 155 Å². The minimum Gasteiger partial charge on any atom is -0.466 e. The third-order valence-corrected chi connectivity index (χ3v) is 21.8. The second-order valence-corrected chi connectivity index (χ2v) is 29.6. The van der Waals surface area contributed by atoms with Gasteiger partial charge in [-0.3, -0.25) is 0 Å². The number of rotatable bonds is 2. The highest BCUT2D eigenvalue weighted by Gasteiger charge is 2.51. The zero-order chi connectivity index (χ0) is 53.7. The molecule has 0 fully saturated rings. The third-order valence-electron chi connectivity index (χ3n) is 20.6. The Balaban J connectivity index is 1.12. The van der Waals surface area contributed by atoms with Gasteiger partial charge in [0.1, 0.15) is 11.2 Å². The first-order valence-corrected chi connectivity index (χ1v) is 29.8. The molecule has 0 saturated heterocycles. The molecule has 5 heterocycles. The Morgan fingerprint density at radius 1 is 0.526 bits per heavy atom. The van der Waals surface area contributed by atoms with E-state index in [2.05, 4.69) is 233 Å². The molecular weight excluding hydrogens is 964 g/mol. The lowest BCUT2D eigenvalue weighted by molar-refractivity contribution is 0.331. The van der Waals surface area contributed by atoms with Crippen LogP contribution in [0.3, 0.4) is 0 Å². The fraction of sp³-hybridized carbons (Fsp3) is 0.315. The number of aromatic nitrogens is 1. The van der Waals surface area contributed by atoms with Crippen LogP contribution in [0, 0.1) is 0 Å². The van der Waals surface area contributed by atoms with Crippen LogP contribution in [0.2, 0.25) is 0 Å². The van der Waals surface area contributed by atoms with E-state index >= 15 is 0 Å². The largest absolute Gasteiger partial charge is 0.466 e. The second-order valence-electron chi connectivity index (χ2n) is 28.5. The summed E-state index contributed by atoms with van der Waals surface area (Å²) in [5, 5.41) is 6.59. The minimum absolute atomic E-state index is 0.00192. The lowest BCUT2D eigenvalue weighted by Gasteiger charge is -2.42. The summed E-state index contributed by atoms with van der Waals surface area (Å²) in [6, 6.07) is 52.6. The predicted molar refractivity (Wildman–Crippen MR) is 335 cm³/mol. The second kappa shape index (κ2) is 14.9. The van der Waals surface area contributed by atoms with E-state index in [-0.39, 0.29) is 39.3 Å². The predicted octanol–water partition coefficient (Wildman–Crippen LogP) is 19.1. The van der Waals surface area contributed by atoms with Gasteiger partial charge in [-0.05, 0) is 186 Å². The molecule has 0 amide bonds. The molecule has 16 rings (SSSR count). The molecule has 386 valence electrons. The van der Waals surface area contributed by atoms with Gasteiger partial charge >= 0.3 is 6.85 Å². The summed E-state index contributed by atoms with van der Waals surface area (Å²) < 4.78 is 13.1. The van der Waals surface area contributed by atoms with Gasteiger partial charge in [0.25, 0.3) is 0 Å². The van der Waals surface area contributed by atoms with E-state index in [0.717, 1.165) is 29.5 Å². The molecule has 8 aromatic carbocycles. The van der Waals surface area contributed by atoms with Crippen LogP contribution in [0.25, 0.3) is 92.0 Å². The first-order chi connectivity index (χ1) is 37.0. The summed E-state index contributed by atoms with van der Waals surface area (Å²) in [7, 11) is 0. The number of benzene rings is 8. The van der Waals surface area contributed by atoms with Crippen molar-refractivity contribution in [1.29, 1.82) is 0 Å². The molecule has 78 heavy (non-hydrogen) atoms. The van der Waals surface area contributed by atoms with Crippen molar-refractivity contribution in [1.82, 2.24) is 4.57 Å². The van der Waals surface area contributed by atoms with E-state index in [1.165, 1.54) is 150 Å². The molecule has 5 heteroatoms. The topological polar surface area (TPSA) is 21.3 Å². The highest BCUT2D eigenvalue weighted by Crippen LogP contribution is 2.60. The summed E-state index contributed by atoms with van der Waals surface area (Å²) in [5.41, 5.74) is 27.5. The minimum atomic E-state index is -0.278. The molecule has 2 aliphatic heterocycles. The molecule has 3 aliphatic carbocycles. The van der Waals surface area contributed by atoms with Gasteiger partial charge in [0.2, 0.25) is 0 Å². The Morgan fingerprint density at radius 3 is 1.83 bits per heavy atom. The van der Waals surface area contributed by atoms with Gasteiger partial charge in [-0.15, -0.1) is 11.3 Å². The van der Waals surface area contributed by atoms with E-state index in [9.17, 15) is 0 Å². The molecule has 0 saturated carbocycles. The molecule has 0 bridgehead atoms. The SMILES string of the molecule is CC(C)(C)c1ccc(N2B3c4oc5ccc(-c6ccccc6)cc5c4-n4c5cc6c(cc5c5c7sc8ccccc8c7c(c3c54)-c3cc4c(cc32)C(C)(C)c2cc3c(cc2-4)C(C)(C)CCC3(C)C)C(C)(C)CCC6(C)C)cc1. The summed E-state index contributed by atoms with van der Waals surface area (Å²) >= 11 is 2.00. The van der Waals surface area contributed by atoms with Gasteiger partial charge in [0, 0.05) is 58.7 Å². The summed E-state index contributed by atoms with van der Waals surface area (Å²) in [6.07, 6.45) is 4.69. The van der Waals surface area contributed by atoms with E-state index in [1.807, 2.05) is 11.3 Å². The van der Waals surface area contributed by atoms with Gasteiger partial charge in [-0.2, -0.15) is 0 Å². The number of hydrogen-bond acceptors (Lipinski definition) is 3. The van der Waals surface area contributed by atoms with Crippen molar-refractivity contribution in [3.05, 3.63) is 172 Å². The zero-order valence-electron chi connectivity index (χ0n) is 47.8. The maximum absolute atomic E-state index is 7.71. The highest BCUT2D eigenvalue weighted by atomic mass is 32.1. The standard InChI is InChI=1S/C73H69BN2OS/c1-68(2,3)42-24-26-43(27-25-42)76-57-38-51-45(46-35-52-54(37-50(46)73(51,12)13)71(8,9)31-29-69(52,4)5)34-47(57)60-61-44-21-17-18-22-59(44)78-66(61)62-48-36-53-55(72(10,11)32-30-70(53,6)7)39-56(48)75-64-49-33-41(40-19-15-14-16-20-40)23-28-58(49)77-67(64)74(76)63(60)65(62)75/h14-28,33-39H,29-32H2,1-13H3. The highest BCUT2D eigenvalue weighted by molar-refractivity contribution is 7.27.